The first-order chi connectivity index (χ1) is 8.88. The van der Waals surface area contributed by atoms with Crippen molar-refractivity contribution < 1.29 is 4.42 Å². The Morgan fingerprint density at radius 2 is 2.11 bits per heavy atom. The number of hydrogen-bond acceptors (Lipinski definition) is 3. The van der Waals surface area contributed by atoms with Gasteiger partial charge in [0.1, 0.15) is 11.5 Å². The van der Waals surface area contributed by atoms with E-state index in [0.29, 0.717) is 6.04 Å². The molecule has 3 rings (SSSR count). The predicted octanol–water partition coefficient (Wildman–Crippen LogP) is 2.59. The molecule has 1 N–H and O–H groups in total. The normalized spacial score (nSPS) is 23.8. The molecule has 0 spiro atoms. The van der Waals surface area contributed by atoms with Gasteiger partial charge in [-0.25, -0.2) is 0 Å². The van der Waals surface area contributed by atoms with Crippen molar-refractivity contribution in [2.45, 2.75) is 38.6 Å². The third-order valence-corrected chi connectivity index (χ3v) is 4.46. The highest BCUT2D eigenvalue weighted by atomic mass is 16.3. The van der Waals surface area contributed by atoms with Gasteiger partial charge in [-0.15, -0.1) is 0 Å². The van der Waals surface area contributed by atoms with E-state index in [1.807, 2.05) is 0 Å². The third kappa shape index (κ3) is 2.34. The topological polar surface area (TPSA) is 28.4 Å². The molecular weight excluding hydrogens is 224 g/mol. The maximum Gasteiger partial charge on any atom is 0.121 e. The fourth-order valence-electron chi connectivity index (χ4n) is 3.17. The molecular formula is C15H24N2O. The summed E-state index contributed by atoms with van der Waals surface area (Å²) in [6, 6.07) is 4.90. The Bertz CT molecular complexity index is 378. The molecule has 0 unspecified atom stereocenters. The van der Waals surface area contributed by atoms with Gasteiger partial charge in [-0.05, 0) is 30.9 Å². The molecule has 0 amide bonds. The second-order valence-corrected chi connectivity index (χ2v) is 5.58. The van der Waals surface area contributed by atoms with Crippen molar-refractivity contribution in [3.05, 3.63) is 23.7 Å². The van der Waals surface area contributed by atoms with Gasteiger partial charge in [0.05, 0.1) is 6.04 Å². The first-order valence-electron chi connectivity index (χ1n) is 7.42. The van der Waals surface area contributed by atoms with Gasteiger partial charge in [0.2, 0.25) is 0 Å². The van der Waals surface area contributed by atoms with Crippen molar-refractivity contribution in [1.29, 1.82) is 0 Å². The molecule has 100 valence electrons. The molecule has 0 aromatic carbocycles. The summed E-state index contributed by atoms with van der Waals surface area (Å²) >= 11 is 0. The van der Waals surface area contributed by atoms with Crippen LogP contribution in [0.3, 0.4) is 0 Å². The van der Waals surface area contributed by atoms with E-state index in [9.17, 15) is 0 Å². The van der Waals surface area contributed by atoms with Gasteiger partial charge >= 0.3 is 0 Å². The van der Waals surface area contributed by atoms with Gasteiger partial charge in [0, 0.05) is 32.6 Å². The van der Waals surface area contributed by atoms with Crippen molar-refractivity contribution in [2.75, 3.05) is 26.2 Å². The third-order valence-electron chi connectivity index (χ3n) is 4.46. The molecule has 1 saturated heterocycles. The largest absolute Gasteiger partial charge is 0.464 e. The van der Waals surface area contributed by atoms with Crippen molar-refractivity contribution in [1.82, 2.24) is 10.2 Å². The van der Waals surface area contributed by atoms with Crippen LogP contribution in [0.1, 0.15) is 43.7 Å². The smallest absolute Gasteiger partial charge is 0.121 e. The maximum absolute atomic E-state index is 6.04. The van der Waals surface area contributed by atoms with Gasteiger partial charge in [-0.1, -0.05) is 13.3 Å². The number of rotatable bonds is 4. The monoisotopic (exact) mass is 248 g/mol. The Morgan fingerprint density at radius 3 is 2.67 bits per heavy atom. The molecule has 1 atom stereocenters. The summed E-state index contributed by atoms with van der Waals surface area (Å²) in [4.78, 5) is 2.62. The molecule has 1 aromatic rings. The molecule has 18 heavy (non-hydrogen) atoms. The van der Waals surface area contributed by atoms with E-state index in [-0.39, 0.29) is 0 Å². The van der Waals surface area contributed by atoms with Crippen molar-refractivity contribution in [3.63, 3.8) is 0 Å². The highest BCUT2D eigenvalue weighted by Crippen LogP contribution is 2.41. The Hall–Kier alpha value is -0.800. The lowest BCUT2D eigenvalue weighted by Gasteiger charge is -2.41. The lowest BCUT2D eigenvalue weighted by Crippen LogP contribution is -2.47. The second kappa shape index (κ2) is 5.45. The van der Waals surface area contributed by atoms with E-state index in [1.54, 1.807) is 0 Å². The fourth-order valence-corrected chi connectivity index (χ4v) is 3.17. The Morgan fingerprint density at radius 1 is 1.33 bits per heavy atom. The first-order valence-corrected chi connectivity index (χ1v) is 7.42. The molecule has 3 heteroatoms. The number of hydrogen-bond donors (Lipinski definition) is 1. The SMILES string of the molecule is CCc1ccc([C@@H](C2CCC2)N2CCNCC2)o1. The molecule has 1 aliphatic heterocycles. The highest BCUT2D eigenvalue weighted by molar-refractivity contribution is 5.13. The van der Waals surface area contributed by atoms with Gasteiger partial charge < -0.3 is 9.73 Å². The van der Waals surface area contributed by atoms with Crippen molar-refractivity contribution in [3.8, 4) is 0 Å². The predicted molar refractivity (Wildman–Crippen MR) is 72.6 cm³/mol. The number of furan rings is 1. The Balaban J connectivity index is 1.79. The van der Waals surface area contributed by atoms with E-state index in [2.05, 4.69) is 29.3 Å². The quantitative estimate of drug-likeness (QED) is 0.888. The number of piperazine rings is 1. The van der Waals surface area contributed by atoms with Gasteiger partial charge in [-0.2, -0.15) is 0 Å². The van der Waals surface area contributed by atoms with Crippen LogP contribution < -0.4 is 5.32 Å². The molecule has 3 nitrogen and oxygen atoms in total. The zero-order chi connectivity index (χ0) is 12.4. The lowest BCUT2D eigenvalue weighted by atomic mass is 9.78. The summed E-state index contributed by atoms with van der Waals surface area (Å²) < 4.78 is 6.04. The van der Waals surface area contributed by atoms with E-state index in [1.165, 1.54) is 25.0 Å². The Labute approximate surface area is 110 Å². The molecule has 2 aliphatic rings. The van der Waals surface area contributed by atoms with Crippen LogP contribution in [0.15, 0.2) is 16.5 Å². The number of nitrogens with one attached hydrogen (secondary N) is 1. The number of aryl methyl sites for hydroxylation is 1. The van der Waals surface area contributed by atoms with Crippen LogP contribution in [0.5, 0.6) is 0 Å². The van der Waals surface area contributed by atoms with Crippen LogP contribution in [-0.2, 0) is 6.42 Å². The van der Waals surface area contributed by atoms with Gasteiger partial charge in [-0.3, -0.25) is 4.90 Å². The lowest BCUT2D eigenvalue weighted by molar-refractivity contribution is 0.0677. The fraction of sp³-hybridized carbons (Fsp3) is 0.733. The number of nitrogens with zero attached hydrogens (tertiary/aromatic N) is 1. The van der Waals surface area contributed by atoms with Crippen LogP contribution in [-0.4, -0.2) is 31.1 Å². The zero-order valence-corrected chi connectivity index (χ0v) is 11.3. The molecule has 1 aromatic heterocycles. The van der Waals surface area contributed by atoms with Gasteiger partial charge in [0.25, 0.3) is 0 Å². The second-order valence-electron chi connectivity index (χ2n) is 5.58. The highest BCUT2D eigenvalue weighted by Gasteiger charge is 2.35. The average Bonchev–Trinajstić information content (AvgIpc) is 2.83. The van der Waals surface area contributed by atoms with Crippen LogP contribution in [0.4, 0.5) is 0 Å². The summed E-state index contributed by atoms with van der Waals surface area (Å²) in [6.07, 6.45) is 5.14. The summed E-state index contributed by atoms with van der Waals surface area (Å²) in [5.74, 6) is 3.15. The molecule has 2 heterocycles. The summed E-state index contributed by atoms with van der Waals surface area (Å²) in [5.41, 5.74) is 0. The average molecular weight is 248 g/mol. The standard InChI is InChI=1S/C15H24N2O/c1-2-13-6-7-14(18-13)15(12-4-3-5-12)17-10-8-16-9-11-17/h6-7,12,15-16H,2-5,8-11H2,1H3/t15-/m1/s1. The van der Waals surface area contributed by atoms with Crippen LogP contribution in [0.2, 0.25) is 0 Å². The maximum atomic E-state index is 6.04. The van der Waals surface area contributed by atoms with Crippen LogP contribution in [0.25, 0.3) is 0 Å². The zero-order valence-electron chi connectivity index (χ0n) is 11.3. The van der Waals surface area contributed by atoms with Crippen LogP contribution >= 0.6 is 0 Å². The molecule has 1 aliphatic carbocycles. The Kier molecular flexibility index (Phi) is 3.71. The first kappa shape index (κ1) is 12.2. The van der Waals surface area contributed by atoms with Gasteiger partial charge in [0.15, 0.2) is 0 Å². The molecule has 1 saturated carbocycles. The summed E-state index contributed by atoms with van der Waals surface area (Å²) in [6.45, 7) is 6.70. The minimum atomic E-state index is 0.529. The van der Waals surface area contributed by atoms with E-state index < -0.39 is 0 Å². The van der Waals surface area contributed by atoms with E-state index >= 15 is 0 Å². The molecule has 0 bridgehead atoms. The van der Waals surface area contributed by atoms with E-state index in [0.717, 1.165) is 44.3 Å². The molecule has 0 radical (unpaired) electrons. The van der Waals surface area contributed by atoms with Crippen molar-refractivity contribution in [2.24, 2.45) is 5.92 Å². The molecule has 2 fully saturated rings. The minimum absolute atomic E-state index is 0.529. The van der Waals surface area contributed by atoms with E-state index in [4.69, 9.17) is 4.42 Å². The summed E-state index contributed by atoms with van der Waals surface area (Å²) in [7, 11) is 0. The van der Waals surface area contributed by atoms with Crippen LogP contribution in [0, 0.1) is 5.92 Å². The van der Waals surface area contributed by atoms with Crippen molar-refractivity contribution >= 4 is 0 Å². The minimum Gasteiger partial charge on any atom is -0.464 e. The summed E-state index contributed by atoms with van der Waals surface area (Å²) in [5, 5.41) is 3.44.